The molecule has 0 fully saturated rings. The number of nitrogens with one attached hydrogen (secondary N) is 1. The molecule has 0 spiro atoms. The Kier molecular flexibility index (Phi) is 4.84. The molecule has 6 heteroatoms. The monoisotopic (exact) mass is 331 g/mol. The van der Waals surface area contributed by atoms with E-state index in [-0.39, 0.29) is 24.3 Å². The standard InChI is InChI=1S/C18H18FNO4/c1-12(13-6-7-16-17(10-13)23-9-8-22-16)20-18(21)11-24-15-5-3-2-4-14(15)19/h2-7,10,12H,8-9,11H2,1H3,(H,20,21)/t12-/m1/s1. The predicted octanol–water partition coefficient (Wildman–Crippen LogP) is 2.85. The number of rotatable bonds is 5. The predicted molar refractivity (Wildman–Crippen MR) is 85.9 cm³/mol. The highest BCUT2D eigenvalue weighted by Gasteiger charge is 2.16. The Hall–Kier alpha value is -2.76. The quantitative estimate of drug-likeness (QED) is 0.915. The third-order valence-corrected chi connectivity index (χ3v) is 3.64. The number of amides is 1. The van der Waals surface area contributed by atoms with E-state index in [2.05, 4.69) is 5.32 Å². The van der Waals surface area contributed by atoms with Crippen molar-refractivity contribution in [2.75, 3.05) is 19.8 Å². The molecule has 0 saturated carbocycles. The Morgan fingerprint density at radius 1 is 1.21 bits per heavy atom. The molecule has 1 aliphatic heterocycles. The first kappa shape index (κ1) is 16.1. The van der Waals surface area contributed by atoms with Crippen LogP contribution < -0.4 is 19.5 Å². The normalized spacial score (nSPS) is 13.9. The summed E-state index contributed by atoms with van der Waals surface area (Å²) in [5.41, 5.74) is 0.887. The molecule has 0 aromatic heterocycles. The van der Waals surface area contributed by atoms with Gasteiger partial charge in [-0.25, -0.2) is 4.39 Å². The van der Waals surface area contributed by atoms with Gasteiger partial charge in [-0.15, -0.1) is 0 Å². The second-order valence-corrected chi connectivity index (χ2v) is 5.41. The Morgan fingerprint density at radius 3 is 2.75 bits per heavy atom. The first-order chi connectivity index (χ1) is 11.6. The average Bonchev–Trinajstić information content (AvgIpc) is 2.60. The second kappa shape index (κ2) is 7.21. The van der Waals surface area contributed by atoms with E-state index in [1.54, 1.807) is 12.1 Å². The molecular weight excluding hydrogens is 313 g/mol. The molecule has 0 aliphatic carbocycles. The highest BCUT2D eigenvalue weighted by molar-refractivity contribution is 5.78. The molecule has 1 aliphatic rings. The second-order valence-electron chi connectivity index (χ2n) is 5.41. The summed E-state index contributed by atoms with van der Waals surface area (Å²) in [7, 11) is 0. The molecule has 3 rings (SSSR count). The fourth-order valence-electron chi connectivity index (χ4n) is 2.40. The van der Waals surface area contributed by atoms with Crippen molar-refractivity contribution in [1.82, 2.24) is 5.32 Å². The van der Waals surface area contributed by atoms with Crippen LogP contribution in [0.2, 0.25) is 0 Å². The maximum atomic E-state index is 13.4. The summed E-state index contributed by atoms with van der Waals surface area (Å²) in [5.74, 6) is 0.597. The number of carbonyl (C=O) groups is 1. The van der Waals surface area contributed by atoms with Gasteiger partial charge in [-0.3, -0.25) is 4.79 Å². The summed E-state index contributed by atoms with van der Waals surface area (Å²) < 4.78 is 29.6. The van der Waals surface area contributed by atoms with E-state index in [4.69, 9.17) is 14.2 Å². The highest BCUT2D eigenvalue weighted by atomic mass is 19.1. The average molecular weight is 331 g/mol. The lowest BCUT2D eigenvalue weighted by molar-refractivity contribution is -0.123. The van der Waals surface area contributed by atoms with Gasteiger partial charge in [-0.1, -0.05) is 18.2 Å². The maximum Gasteiger partial charge on any atom is 0.258 e. The highest BCUT2D eigenvalue weighted by Crippen LogP contribution is 2.32. The number of hydrogen-bond acceptors (Lipinski definition) is 4. The summed E-state index contributed by atoms with van der Waals surface area (Å²) in [6.45, 7) is 2.64. The van der Waals surface area contributed by atoms with Crippen LogP contribution in [0.1, 0.15) is 18.5 Å². The molecule has 2 aromatic rings. The van der Waals surface area contributed by atoms with E-state index in [0.29, 0.717) is 24.7 Å². The summed E-state index contributed by atoms with van der Waals surface area (Å²) in [5, 5.41) is 2.81. The molecule has 5 nitrogen and oxygen atoms in total. The van der Waals surface area contributed by atoms with E-state index in [9.17, 15) is 9.18 Å². The SMILES string of the molecule is C[C@@H](NC(=O)COc1ccccc1F)c1ccc2c(c1)OCCO2. The van der Waals surface area contributed by atoms with Gasteiger partial charge in [-0.05, 0) is 36.8 Å². The lowest BCUT2D eigenvalue weighted by atomic mass is 10.1. The zero-order valence-corrected chi connectivity index (χ0v) is 13.3. The minimum atomic E-state index is -0.495. The third kappa shape index (κ3) is 3.76. The van der Waals surface area contributed by atoms with Crippen molar-refractivity contribution in [2.24, 2.45) is 0 Å². The fraction of sp³-hybridized carbons (Fsp3) is 0.278. The number of fused-ring (bicyclic) bond motifs is 1. The van der Waals surface area contributed by atoms with Crippen molar-refractivity contribution < 1.29 is 23.4 Å². The van der Waals surface area contributed by atoms with Gasteiger partial charge in [0.05, 0.1) is 6.04 Å². The summed E-state index contributed by atoms with van der Waals surface area (Å²) >= 11 is 0. The Labute approximate surface area is 139 Å². The number of hydrogen-bond donors (Lipinski definition) is 1. The molecular formula is C18H18FNO4. The first-order valence-corrected chi connectivity index (χ1v) is 7.70. The van der Waals surface area contributed by atoms with Crippen LogP contribution in [0.3, 0.4) is 0 Å². The Morgan fingerprint density at radius 2 is 1.96 bits per heavy atom. The zero-order chi connectivity index (χ0) is 16.9. The number of benzene rings is 2. The fourth-order valence-corrected chi connectivity index (χ4v) is 2.40. The number of halogens is 1. The Bertz CT molecular complexity index is 735. The zero-order valence-electron chi connectivity index (χ0n) is 13.3. The van der Waals surface area contributed by atoms with E-state index >= 15 is 0 Å². The van der Waals surface area contributed by atoms with Crippen molar-refractivity contribution in [2.45, 2.75) is 13.0 Å². The van der Waals surface area contributed by atoms with Gasteiger partial charge in [0.1, 0.15) is 13.2 Å². The van der Waals surface area contributed by atoms with Crippen LogP contribution in [0.5, 0.6) is 17.2 Å². The molecule has 0 saturated heterocycles. The summed E-state index contributed by atoms with van der Waals surface area (Å²) in [6.07, 6.45) is 0. The largest absolute Gasteiger partial charge is 0.486 e. The van der Waals surface area contributed by atoms with Crippen molar-refractivity contribution in [3.63, 3.8) is 0 Å². The molecule has 24 heavy (non-hydrogen) atoms. The number of para-hydroxylation sites is 1. The maximum absolute atomic E-state index is 13.4. The van der Waals surface area contributed by atoms with E-state index in [0.717, 1.165) is 5.56 Å². The van der Waals surface area contributed by atoms with E-state index in [1.165, 1.54) is 12.1 Å². The smallest absolute Gasteiger partial charge is 0.258 e. The van der Waals surface area contributed by atoms with Gasteiger partial charge >= 0.3 is 0 Å². The minimum absolute atomic E-state index is 0.0552. The third-order valence-electron chi connectivity index (χ3n) is 3.64. The van der Waals surface area contributed by atoms with Crippen LogP contribution in [-0.2, 0) is 4.79 Å². The van der Waals surface area contributed by atoms with Crippen molar-refractivity contribution in [1.29, 1.82) is 0 Å². The minimum Gasteiger partial charge on any atom is -0.486 e. The van der Waals surface area contributed by atoms with Crippen molar-refractivity contribution >= 4 is 5.91 Å². The first-order valence-electron chi connectivity index (χ1n) is 7.70. The van der Waals surface area contributed by atoms with Gasteiger partial charge < -0.3 is 19.5 Å². The topological polar surface area (TPSA) is 56.8 Å². The summed E-state index contributed by atoms with van der Waals surface area (Å²) in [6, 6.07) is 11.3. The van der Waals surface area contributed by atoms with E-state index < -0.39 is 5.82 Å². The molecule has 1 atom stereocenters. The van der Waals surface area contributed by atoms with Crippen LogP contribution in [0.15, 0.2) is 42.5 Å². The molecule has 126 valence electrons. The Balaban J connectivity index is 1.57. The number of ether oxygens (including phenoxy) is 3. The molecule has 0 radical (unpaired) electrons. The molecule has 1 N–H and O–H groups in total. The lowest BCUT2D eigenvalue weighted by Crippen LogP contribution is -2.31. The van der Waals surface area contributed by atoms with Crippen LogP contribution in [-0.4, -0.2) is 25.7 Å². The van der Waals surface area contributed by atoms with Crippen molar-refractivity contribution in [3.05, 3.63) is 53.8 Å². The van der Waals surface area contributed by atoms with Gasteiger partial charge in [0.2, 0.25) is 0 Å². The van der Waals surface area contributed by atoms with E-state index in [1.807, 2.05) is 25.1 Å². The van der Waals surface area contributed by atoms with Crippen LogP contribution in [0.4, 0.5) is 4.39 Å². The lowest BCUT2D eigenvalue weighted by Gasteiger charge is -2.21. The van der Waals surface area contributed by atoms with Gasteiger partial charge in [0.15, 0.2) is 29.7 Å². The van der Waals surface area contributed by atoms with Gasteiger partial charge in [0.25, 0.3) is 5.91 Å². The van der Waals surface area contributed by atoms with Crippen LogP contribution in [0.25, 0.3) is 0 Å². The van der Waals surface area contributed by atoms with Gasteiger partial charge in [0, 0.05) is 0 Å². The number of carbonyl (C=O) groups excluding carboxylic acids is 1. The molecule has 1 amide bonds. The molecule has 1 heterocycles. The van der Waals surface area contributed by atoms with Crippen molar-refractivity contribution in [3.8, 4) is 17.2 Å². The van der Waals surface area contributed by atoms with Gasteiger partial charge in [-0.2, -0.15) is 0 Å². The molecule has 2 aromatic carbocycles. The molecule has 0 unspecified atom stereocenters. The molecule has 0 bridgehead atoms. The summed E-state index contributed by atoms with van der Waals surface area (Å²) in [4.78, 5) is 12.0. The van der Waals surface area contributed by atoms with Crippen LogP contribution in [0, 0.1) is 5.82 Å². The van der Waals surface area contributed by atoms with Crippen LogP contribution >= 0.6 is 0 Å².